The molecule has 2 aromatic rings. The molecular formula is C19H20FNO3S2. The molecule has 1 aliphatic heterocycles. The van der Waals surface area contributed by atoms with E-state index in [0.717, 1.165) is 11.3 Å². The Labute approximate surface area is 157 Å². The Balaban J connectivity index is 1.68. The standard InChI is InChI=1S/C19H20FNO3S2/c20-16-8-6-15(7-9-16)12-25-13-19(22)21(17-4-2-1-3-5-17)18-10-11-26(23,24)14-18/h1-9,18H,10-14H2/t18-/m0/s1. The molecule has 1 aliphatic rings. The highest BCUT2D eigenvalue weighted by molar-refractivity contribution is 7.99. The van der Waals surface area contributed by atoms with Crippen molar-refractivity contribution in [2.75, 3.05) is 22.2 Å². The van der Waals surface area contributed by atoms with E-state index >= 15 is 0 Å². The van der Waals surface area contributed by atoms with Gasteiger partial charge in [-0.25, -0.2) is 12.8 Å². The summed E-state index contributed by atoms with van der Waals surface area (Å²) < 4.78 is 36.7. The van der Waals surface area contributed by atoms with Crippen LogP contribution in [0.25, 0.3) is 0 Å². The van der Waals surface area contributed by atoms with Crippen molar-refractivity contribution in [1.29, 1.82) is 0 Å². The average molecular weight is 394 g/mol. The summed E-state index contributed by atoms with van der Waals surface area (Å²) in [5, 5.41) is 0. The first-order valence-electron chi connectivity index (χ1n) is 8.34. The van der Waals surface area contributed by atoms with Gasteiger partial charge in [0.15, 0.2) is 9.84 Å². The summed E-state index contributed by atoms with van der Waals surface area (Å²) in [5.74, 6) is 0.575. The molecule has 3 rings (SSSR count). The molecule has 0 N–H and O–H groups in total. The van der Waals surface area contributed by atoms with Crippen LogP contribution in [0.1, 0.15) is 12.0 Å². The van der Waals surface area contributed by atoms with Gasteiger partial charge in [-0.3, -0.25) is 4.79 Å². The zero-order valence-corrected chi connectivity index (χ0v) is 15.8. The fourth-order valence-electron chi connectivity index (χ4n) is 3.03. The lowest BCUT2D eigenvalue weighted by molar-refractivity contribution is -0.116. The van der Waals surface area contributed by atoms with Crippen molar-refractivity contribution in [1.82, 2.24) is 0 Å². The van der Waals surface area contributed by atoms with Crippen molar-refractivity contribution in [2.24, 2.45) is 0 Å². The quantitative estimate of drug-likeness (QED) is 0.756. The third-order valence-electron chi connectivity index (χ3n) is 4.28. The van der Waals surface area contributed by atoms with Crippen LogP contribution in [0.5, 0.6) is 0 Å². The van der Waals surface area contributed by atoms with Gasteiger partial charge in [0.25, 0.3) is 0 Å². The van der Waals surface area contributed by atoms with E-state index in [4.69, 9.17) is 0 Å². The first-order chi connectivity index (χ1) is 12.4. The summed E-state index contributed by atoms with van der Waals surface area (Å²) in [7, 11) is -3.09. The Kier molecular flexibility index (Phi) is 5.98. The normalized spacial score (nSPS) is 18.6. The molecule has 0 radical (unpaired) electrons. The van der Waals surface area contributed by atoms with Crippen molar-refractivity contribution in [3.05, 3.63) is 66.0 Å². The van der Waals surface area contributed by atoms with Crippen LogP contribution in [0.4, 0.5) is 10.1 Å². The van der Waals surface area contributed by atoms with Crippen LogP contribution in [0.3, 0.4) is 0 Å². The summed E-state index contributed by atoms with van der Waals surface area (Å²) in [4.78, 5) is 14.5. The van der Waals surface area contributed by atoms with E-state index in [1.165, 1.54) is 23.9 Å². The van der Waals surface area contributed by atoms with Crippen LogP contribution in [-0.2, 0) is 20.4 Å². The molecule has 1 saturated heterocycles. The van der Waals surface area contributed by atoms with E-state index in [1.54, 1.807) is 17.0 Å². The topological polar surface area (TPSA) is 54.5 Å². The van der Waals surface area contributed by atoms with Crippen molar-refractivity contribution in [3.8, 4) is 0 Å². The average Bonchev–Trinajstić information content (AvgIpc) is 2.97. The fraction of sp³-hybridized carbons (Fsp3) is 0.316. The van der Waals surface area contributed by atoms with Crippen molar-refractivity contribution < 1.29 is 17.6 Å². The molecule has 0 spiro atoms. The number of hydrogen-bond acceptors (Lipinski definition) is 4. The SMILES string of the molecule is O=C(CSCc1ccc(F)cc1)N(c1ccccc1)[C@H]1CCS(=O)(=O)C1. The van der Waals surface area contributed by atoms with Crippen LogP contribution in [0.15, 0.2) is 54.6 Å². The molecule has 2 aromatic carbocycles. The molecule has 7 heteroatoms. The number of carbonyl (C=O) groups is 1. The van der Waals surface area contributed by atoms with Gasteiger partial charge in [0.2, 0.25) is 5.91 Å². The molecule has 1 atom stereocenters. The minimum absolute atomic E-state index is 0.0102. The Morgan fingerprint density at radius 3 is 2.42 bits per heavy atom. The van der Waals surface area contributed by atoms with Crippen LogP contribution in [0.2, 0.25) is 0 Å². The zero-order chi connectivity index (χ0) is 18.6. The number of para-hydroxylation sites is 1. The number of carbonyl (C=O) groups excluding carboxylic acids is 1. The van der Waals surface area contributed by atoms with Crippen LogP contribution >= 0.6 is 11.8 Å². The fourth-order valence-corrected chi connectivity index (χ4v) is 5.58. The Bertz CT molecular complexity index is 854. The van der Waals surface area contributed by atoms with Gasteiger partial charge in [0.1, 0.15) is 5.82 Å². The molecule has 0 saturated carbocycles. The molecule has 1 amide bonds. The lowest BCUT2D eigenvalue weighted by Crippen LogP contribution is -2.42. The second-order valence-corrected chi connectivity index (χ2v) is 9.49. The number of sulfone groups is 1. The Morgan fingerprint density at radius 1 is 1.12 bits per heavy atom. The van der Waals surface area contributed by atoms with Gasteiger partial charge < -0.3 is 4.90 Å². The Hall–Kier alpha value is -1.86. The molecule has 0 aromatic heterocycles. The minimum Gasteiger partial charge on any atom is -0.308 e. The van der Waals surface area contributed by atoms with E-state index in [9.17, 15) is 17.6 Å². The smallest absolute Gasteiger partial charge is 0.237 e. The lowest BCUT2D eigenvalue weighted by atomic mass is 10.2. The second-order valence-electron chi connectivity index (χ2n) is 6.28. The third kappa shape index (κ3) is 4.86. The van der Waals surface area contributed by atoms with E-state index in [2.05, 4.69) is 0 Å². The second kappa shape index (κ2) is 8.22. The van der Waals surface area contributed by atoms with Crippen molar-refractivity contribution in [3.63, 3.8) is 0 Å². The molecule has 0 aliphatic carbocycles. The first kappa shape index (κ1) is 18.9. The van der Waals surface area contributed by atoms with Gasteiger partial charge in [0, 0.05) is 11.4 Å². The number of nitrogens with zero attached hydrogens (tertiary/aromatic N) is 1. The van der Waals surface area contributed by atoms with E-state index in [1.807, 2.05) is 30.3 Å². The molecule has 4 nitrogen and oxygen atoms in total. The van der Waals surface area contributed by atoms with Gasteiger partial charge in [-0.05, 0) is 36.2 Å². The predicted molar refractivity (Wildman–Crippen MR) is 104 cm³/mol. The first-order valence-corrected chi connectivity index (χ1v) is 11.3. The molecule has 1 heterocycles. The van der Waals surface area contributed by atoms with Gasteiger partial charge in [-0.1, -0.05) is 30.3 Å². The van der Waals surface area contributed by atoms with E-state index in [0.29, 0.717) is 12.2 Å². The van der Waals surface area contributed by atoms with E-state index < -0.39 is 9.84 Å². The highest BCUT2D eigenvalue weighted by Gasteiger charge is 2.35. The number of hydrogen-bond donors (Lipinski definition) is 0. The maximum absolute atomic E-state index is 12.9. The van der Waals surface area contributed by atoms with Crippen molar-refractivity contribution >= 4 is 33.2 Å². The number of thioether (sulfide) groups is 1. The summed E-state index contributed by atoms with van der Waals surface area (Å²) >= 11 is 1.44. The van der Waals surface area contributed by atoms with Gasteiger partial charge in [-0.15, -0.1) is 11.8 Å². The van der Waals surface area contributed by atoms with Gasteiger partial charge in [-0.2, -0.15) is 0 Å². The third-order valence-corrected chi connectivity index (χ3v) is 7.02. The number of benzene rings is 2. The largest absolute Gasteiger partial charge is 0.308 e. The number of amides is 1. The van der Waals surface area contributed by atoms with Gasteiger partial charge >= 0.3 is 0 Å². The maximum atomic E-state index is 12.9. The Morgan fingerprint density at radius 2 is 1.81 bits per heavy atom. The predicted octanol–water partition coefficient (Wildman–Crippen LogP) is 3.28. The van der Waals surface area contributed by atoms with E-state index in [-0.39, 0.29) is 35.0 Å². The lowest BCUT2D eigenvalue weighted by Gasteiger charge is -2.28. The van der Waals surface area contributed by atoms with Crippen LogP contribution < -0.4 is 4.90 Å². The summed E-state index contributed by atoms with van der Waals surface area (Å²) in [5.41, 5.74) is 1.67. The van der Waals surface area contributed by atoms with Gasteiger partial charge in [0.05, 0.1) is 23.3 Å². The molecule has 138 valence electrons. The van der Waals surface area contributed by atoms with Crippen molar-refractivity contribution in [2.45, 2.75) is 18.2 Å². The molecule has 0 bridgehead atoms. The maximum Gasteiger partial charge on any atom is 0.237 e. The summed E-state index contributed by atoms with van der Waals surface area (Å²) in [6.45, 7) is 0. The summed E-state index contributed by atoms with van der Waals surface area (Å²) in [6, 6.07) is 15.1. The number of halogens is 1. The number of rotatable bonds is 6. The monoisotopic (exact) mass is 393 g/mol. The molecule has 26 heavy (non-hydrogen) atoms. The number of anilines is 1. The molecular weight excluding hydrogens is 373 g/mol. The minimum atomic E-state index is -3.09. The highest BCUT2D eigenvalue weighted by Crippen LogP contribution is 2.26. The highest BCUT2D eigenvalue weighted by atomic mass is 32.2. The van der Waals surface area contributed by atoms with Crippen LogP contribution in [0, 0.1) is 5.82 Å². The molecule has 0 unspecified atom stereocenters. The summed E-state index contributed by atoms with van der Waals surface area (Å²) in [6.07, 6.45) is 0.464. The zero-order valence-electron chi connectivity index (χ0n) is 14.2. The van der Waals surface area contributed by atoms with Crippen LogP contribution in [-0.4, -0.2) is 37.6 Å². The molecule has 1 fully saturated rings.